The van der Waals surface area contributed by atoms with Crippen molar-refractivity contribution in [3.8, 4) is 0 Å². The van der Waals surface area contributed by atoms with Crippen molar-refractivity contribution in [2.24, 2.45) is 5.92 Å². The fourth-order valence-corrected chi connectivity index (χ4v) is 5.74. The Labute approximate surface area is 238 Å². The first kappa shape index (κ1) is 31.1. The topological polar surface area (TPSA) is 73.4 Å². The highest BCUT2D eigenvalue weighted by atomic mass is 32.2. The molecule has 3 rings (SSSR count). The van der Waals surface area contributed by atoms with Gasteiger partial charge in [0.1, 0.15) is 0 Å². The number of allylic oxidation sites excluding steroid dienone is 2. The van der Waals surface area contributed by atoms with Gasteiger partial charge in [0.15, 0.2) is 0 Å². The molecule has 4 N–H and O–H groups in total. The summed E-state index contributed by atoms with van der Waals surface area (Å²) in [5.41, 5.74) is 6.37. The Kier molecular flexibility index (Phi) is 12.3. The largest absolute Gasteiger partial charge is 0.390 e. The average Bonchev–Trinajstić information content (AvgIpc) is 3.35. The number of fused-ring (bicyclic) bond motifs is 1. The fourth-order valence-electron chi connectivity index (χ4n) is 5.10. The SMILES string of the molecule is C=S(CC)Nc1cc(C(=O)NC(Cc2ccccc2)C(O)CNC(C)CCCC(C)C)cc2c1CC=C2CC. The van der Waals surface area contributed by atoms with Gasteiger partial charge < -0.3 is 20.5 Å². The number of hydrogen-bond donors (Lipinski definition) is 4. The minimum Gasteiger partial charge on any atom is -0.390 e. The molecule has 0 saturated heterocycles. The predicted octanol–water partition coefficient (Wildman–Crippen LogP) is 6.59. The summed E-state index contributed by atoms with van der Waals surface area (Å²) in [6.07, 6.45) is 7.36. The Balaban J connectivity index is 1.78. The lowest BCUT2D eigenvalue weighted by molar-refractivity contribution is 0.0825. The molecule has 0 bridgehead atoms. The van der Waals surface area contributed by atoms with Crippen LogP contribution in [0.1, 0.15) is 87.4 Å². The van der Waals surface area contributed by atoms with Crippen LogP contribution in [0.4, 0.5) is 5.69 Å². The van der Waals surface area contributed by atoms with Gasteiger partial charge in [0.25, 0.3) is 5.91 Å². The molecular weight excluding hydrogens is 502 g/mol. The molecular formula is C33H49N3O2S. The maximum atomic E-state index is 13.7. The molecule has 6 heteroatoms. The zero-order valence-electron chi connectivity index (χ0n) is 24.6. The number of rotatable bonds is 16. The predicted molar refractivity (Wildman–Crippen MR) is 171 cm³/mol. The standard InChI is InChI=1S/C33H49N3O2S/c1-7-26-17-18-28-29(26)20-27(21-30(28)36-39(6)8-2)33(38)35-31(19-25-15-10-9-11-16-25)32(37)22-34-24(5)14-12-13-23(3)4/h9-11,15-17,20-21,23-24,31-32,34,36-37H,6-8,12-14,18-19,22H2,1-5H3,(H,35,38). The molecule has 1 aliphatic rings. The molecule has 0 spiro atoms. The Morgan fingerprint density at radius 1 is 1.10 bits per heavy atom. The summed E-state index contributed by atoms with van der Waals surface area (Å²) in [4.78, 5) is 13.7. The lowest BCUT2D eigenvalue weighted by Gasteiger charge is -2.27. The van der Waals surface area contributed by atoms with E-state index in [1.165, 1.54) is 24.0 Å². The Morgan fingerprint density at radius 2 is 1.85 bits per heavy atom. The molecule has 0 fully saturated rings. The van der Waals surface area contributed by atoms with Gasteiger partial charge in [-0.15, -0.1) is 10.7 Å². The van der Waals surface area contributed by atoms with Crippen molar-refractivity contribution >= 4 is 33.7 Å². The maximum absolute atomic E-state index is 13.7. The summed E-state index contributed by atoms with van der Waals surface area (Å²) in [5, 5.41) is 18.0. The molecule has 0 aliphatic heterocycles. The highest BCUT2D eigenvalue weighted by Crippen LogP contribution is 2.37. The van der Waals surface area contributed by atoms with Crippen molar-refractivity contribution < 1.29 is 9.90 Å². The van der Waals surface area contributed by atoms with Crippen LogP contribution in [0, 0.1) is 5.92 Å². The number of hydrogen-bond acceptors (Lipinski definition) is 4. The lowest BCUT2D eigenvalue weighted by atomic mass is 9.97. The number of benzene rings is 2. The fraction of sp³-hybridized carbons (Fsp3) is 0.515. The first-order chi connectivity index (χ1) is 18.7. The van der Waals surface area contributed by atoms with Gasteiger partial charge in [0, 0.05) is 29.6 Å². The molecule has 0 radical (unpaired) electrons. The van der Waals surface area contributed by atoms with Crippen molar-refractivity contribution in [1.82, 2.24) is 10.6 Å². The molecule has 0 aromatic heterocycles. The number of carbonyl (C=O) groups excluding carboxylic acids is 1. The second-order valence-corrected chi connectivity index (χ2v) is 13.0. The summed E-state index contributed by atoms with van der Waals surface area (Å²) < 4.78 is 3.55. The molecule has 4 unspecified atom stereocenters. The number of anilines is 1. The minimum atomic E-state index is -0.717. The van der Waals surface area contributed by atoms with Crippen molar-refractivity contribution in [1.29, 1.82) is 0 Å². The minimum absolute atomic E-state index is 0.159. The summed E-state index contributed by atoms with van der Waals surface area (Å²) in [6.45, 7) is 11.4. The Hall–Kier alpha value is -2.41. The van der Waals surface area contributed by atoms with Gasteiger partial charge in [-0.25, -0.2) is 0 Å². The van der Waals surface area contributed by atoms with Gasteiger partial charge in [-0.1, -0.05) is 82.8 Å². The van der Waals surface area contributed by atoms with Gasteiger partial charge in [0.2, 0.25) is 0 Å². The highest BCUT2D eigenvalue weighted by molar-refractivity contribution is 8.15. The van der Waals surface area contributed by atoms with E-state index in [0.29, 0.717) is 30.5 Å². The van der Waals surface area contributed by atoms with Crippen LogP contribution in [0.2, 0.25) is 0 Å². The summed E-state index contributed by atoms with van der Waals surface area (Å²) in [7, 11) is -0.216. The van der Waals surface area contributed by atoms with Gasteiger partial charge in [-0.2, -0.15) is 0 Å². The van der Waals surface area contributed by atoms with E-state index >= 15 is 0 Å². The van der Waals surface area contributed by atoms with Crippen LogP contribution >= 0.6 is 10.7 Å². The van der Waals surface area contributed by atoms with E-state index in [4.69, 9.17) is 0 Å². The number of amides is 1. The van der Waals surface area contributed by atoms with Gasteiger partial charge >= 0.3 is 0 Å². The second-order valence-electron chi connectivity index (χ2n) is 11.2. The summed E-state index contributed by atoms with van der Waals surface area (Å²) in [5.74, 6) is 5.70. The third-order valence-electron chi connectivity index (χ3n) is 7.57. The average molecular weight is 552 g/mol. The van der Waals surface area contributed by atoms with Crippen LogP contribution in [0.5, 0.6) is 0 Å². The number of aliphatic hydroxyl groups excluding tert-OH is 1. The van der Waals surface area contributed by atoms with E-state index < -0.39 is 12.1 Å². The third-order valence-corrected chi connectivity index (χ3v) is 8.77. The molecule has 0 heterocycles. The molecule has 2 aromatic carbocycles. The van der Waals surface area contributed by atoms with Crippen LogP contribution < -0.4 is 15.4 Å². The molecule has 0 saturated carbocycles. The van der Waals surface area contributed by atoms with Crippen LogP contribution in [0.15, 0.2) is 48.5 Å². The highest BCUT2D eigenvalue weighted by Gasteiger charge is 2.25. The van der Waals surface area contributed by atoms with E-state index in [1.807, 2.05) is 42.5 Å². The lowest BCUT2D eigenvalue weighted by Crippen LogP contribution is -2.49. The van der Waals surface area contributed by atoms with Crippen molar-refractivity contribution in [3.05, 3.63) is 70.8 Å². The van der Waals surface area contributed by atoms with Crippen LogP contribution in [-0.4, -0.2) is 47.4 Å². The van der Waals surface area contributed by atoms with Crippen molar-refractivity contribution in [3.63, 3.8) is 0 Å². The summed E-state index contributed by atoms with van der Waals surface area (Å²) in [6, 6.07) is 13.9. The van der Waals surface area contributed by atoms with E-state index in [0.717, 1.165) is 41.8 Å². The second kappa shape index (κ2) is 15.4. The normalized spacial score (nSPS) is 15.8. The first-order valence-electron chi connectivity index (χ1n) is 14.6. The first-order valence-corrected chi connectivity index (χ1v) is 16.2. The van der Waals surface area contributed by atoms with E-state index in [-0.39, 0.29) is 16.6 Å². The molecule has 1 amide bonds. The van der Waals surface area contributed by atoms with E-state index in [1.54, 1.807) is 0 Å². The monoisotopic (exact) mass is 551 g/mol. The van der Waals surface area contributed by atoms with Gasteiger partial charge in [-0.3, -0.25) is 4.79 Å². The zero-order chi connectivity index (χ0) is 28.4. The maximum Gasteiger partial charge on any atom is 0.251 e. The van der Waals surface area contributed by atoms with Crippen molar-refractivity contribution in [2.75, 3.05) is 17.0 Å². The number of nitrogens with one attached hydrogen (secondary N) is 3. The number of carbonyl (C=O) groups is 1. The molecule has 1 aliphatic carbocycles. The van der Waals surface area contributed by atoms with Crippen LogP contribution in [-0.2, 0) is 12.8 Å². The zero-order valence-corrected chi connectivity index (χ0v) is 25.4. The molecule has 2 aromatic rings. The Bertz CT molecular complexity index is 1130. The smallest absolute Gasteiger partial charge is 0.251 e. The van der Waals surface area contributed by atoms with Crippen LogP contribution in [0.25, 0.3) is 5.57 Å². The van der Waals surface area contributed by atoms with E-state index in [2.05, 4.69) is 61.9 Å². The van der Waals surface area contributed by atoms with Gasteiger partial charge in [-0.05, 0) is 72.9 Å². The molecule has 4 atom stereocenters. The quantitative estimate of drug-likeness (QED) is 0.178. The van der Waals surface area contributed by atoms with E-state index in [9.17, 15) is 9.90 Å². The van der Waals surface area contributed by atoms with Gasteiger partial charge in [0.05, 0.1) is 12.1 Å². The molecule has 39 heavy (non-hydrogen) atoms. The Morgan fingerprint density at radius 3 is 2.51 bits per heavy atom. The number of aliphatic hydroxyl groups is 1. The molecule has 214 valence electrons. The van der Waals surface area contributed by atoms with Crippen molar-refractivity contribution in [2.45, 2.75) is 91.3 Å². The third kappa shape index (κ3) is 9.33. The summed E-state index contributed by atoms with van der Waals surface area (Å²) >= 11 is 0. The molecule has 5 nitrogen and oxygen atoms in total. The van der Waals surface area contributed by atoms with Crippen LogP contribution in [0.3, 0.4) is 0 Å².